The molecular formula is C14H18ClN3. The molecule has 18 heavy (non-hydrogen) atoms. The molecule has 1 aromatic heterocycles. The van der Waals surface area contributed by atoms with Crippen LogP contribution in [-0.4, -0.2) is 23.1 Å². The van der Waals surface area contributed by atoms with E-state index in [9.17, 15) is 0 Å². The average molecular weight is 264 g/mol. The molecule has 0 atom stereocenters. The minimum atomic E-state index is 0.750. The minimum absolute atomic E-state index is 0.750. The zero-order chi connectivity index (χ0) is 13.1. The second kappa shape index (κ2) is 5.55. The van der Waals surface area contributed by atoms with Crippen LogP contribution in [0.3, 0.4) is 0 Å². The van der Waals surface area contributed by atoms with E-state index in [1.165, 1.54) is 5.69 Å². The predicted molar refractivity (Wildman–Crippen MR) is 76.0 cm³/mol. The van der Waals surface area contributed by atoms with Crippen LogP contribution in [0.15, 0.2) is 24.3 Å². The van der Waals surface area contributed by atoms with Crippen molar-refractivity contribution < 1.29 is 0 Å². The van der Waals surface area contributed by atoms with Gasteiger partial charge in [0.25, 0.3) is 0 Å². The first kappa shape index (κ1) is 13.1. The number of hydrogen-bond donors (Lipinski definition) is 1. The molecule has 4 heteroatoms. The van der Waals surface area contributed by atoms with Crippen molar-refractivity contribution in [3.63, 3.8) is 0 Å². The van der Waals surface area contributed by atoms with Crippen molar-refractivity contribution in [2.75, 3.05) is 13.6 Å². The summed E-state index contributed by atoms with van der Waals surface area (Å²) in [7, 11) is 4.03. The van der Waals surface area contributed by atoms with Gasteiger partial charge in [-0.25, -0.2) is 4.98 Å². The molecule has 2 rings (SSSR count). The molecule has 0 bridgehead atoms. The number of nitrogens with zero attached hydrogens (tertiary/aromatic N) is 2. The predicted octanol–water partition coefficient (Wildman–Crippen LogP) is 2.81. The summed E-state index contributed by atoms with van der Waals surface area (Å²) in [5.41, 5.74) is 3.47. The Morgan fingerprint density at radius 1 is 1.28 bits per heavy atom. The molecule has 0 aliphatic carbocycles. The summed E-state index contributed by atoms with van der Waals surface area (Å²) in [5, 5.41) is 3.92. The smallest absolute Gasteiger partial charge is 0.140 e. The van der Waals surface area contributed by atoms with Crippen LogP contribution < -0.4 is 5.32 Å². The third-order valence-electron chi connectivity index (χ3n) is 3.13. The Kier molecular flexibility index (Phi) is 4.04. The fourth-order valence-corrected chi connectivity index (χ4v) is 2.24. The fourth-order valence-electron chi connectivity index (χ4n) is 2.12. The number of rotatable bonds is 4. The van der Waals surface area contributed by atoms with E-state index in [1.54, 1.807) is 0 Å². The van der Waals surface area contributed by atoms with Gasteiger partial charge in [-0.15, -0.1) is 0 Å². The lowest BCUT2D eigenvalue weighted by Gasteiger charge is -2.06. The van der Waals surface area contributed by atoms with Crippen molar-refractivity contribution in [1.82, 2.24) is 14.9 Å². The van der Waals surface area contributed by atoms with Crippen LogP contribution in [0, 0.1) is 6.92 Å². The number of aryl methyl sites for hydroxylation is 1. The molecule has 0 unspecified atom stereocenters. The summed E-state index contributed by atoms with van der Waals surface area (Å²) in [5.74, 6) is 0.996. The van der Waals surface area contributed by atoms with E-state index in [0.29, 0.717) is 0 Å². The zero-order valence-electron chi connectivity index (χ0n) is 11.0. The molecular weight excluding hydrogens is 246 g/mol. The maximum absolute atomic E-state index is 5.91. The lowest BCUT2D eigenvalue weighted by molar-refractivity contribution is 0.736. The van der Waals surface area contributed by atoms with E-state index in [0.717, 1.165) is 35.1 Å². The molecule has 0 radical (unpaired) electrons. The molecule has 2 aromatic rings. The van der Waals surface area contributed by atoms with Crippen LogP contribution in [0.25, 0.3) is 11.4 Å². The summed E-state index contributed by atoms with van der Waals surface area (Å²) < 4.78 is 2.16. The quantitative estimate of drug-likeness (QED) is 0.919. The van der Waals surface area contributed by atoms with Gasteiger partial charge in [-0.1, -0.05) is 11.6 Å². The summed E-state index contributed by atoms with van der Waals surface area (Å²) in [6.45, 7) is 3.02. The van der Waals surface area contributed by atoms with Crippen LogP contribution in [0.4, 0.5) is 0 Å². The Bertz CT molecular complexity index is 529. The number of nitrogens with one attached hydrogen (secondary N) is 1. The van der Waals surface area contributed by atoms with Crippen LogP contribution >= 0.6 is 11.6 Å². The molecule has 1 N–H and O–H groups in total. The molecule has 0 aliphatic rings. The van der Waals surface area contributed by atoms with Crippen LogP contribution in [0.5, 0.6) is 0 Å². The Morgan fingerprint density at radius 3 is 2.56 bits per heavy atom. The van der Waals surface area contributed by atoms with Crippen molar-refractivity contribution >= 4 is 11.6 Å². The van der Waals surface area contributed by atoms with Gasteiger partial charge < -0.3 is 9.88 Å². The first-order valence-corrected chi connectivity index (χ1v) is 6.44. The van der Waals surface area contributed by atoms with Gasteiger partial charge in [0.1, 0.15) is 5.82 Å². The third-order valence-corrected chi connectivity index (χ3v) is 3.38. The van der Waals surface area contributed by atoms with E-state index in [4.69, 9.17) is 11.6 Å². The molecule has 96 valence electrons. The molecule has 0 fully saturated rings. The number of hydrogen-bond acceptors (Lipinski definition) is 2. The largest absolute Gasteiger partial charge is 0.331 e. The number of benzene rings is 1. The van der Waals surface area contributed by atoms with Gasteiger partial charge in [0, 0.05) is 36.3 Å². The zero-order valence-corrected chi connectivity index (χ0v) is 11.8. The summed E-state index contributed by atoms with van der Waals surface area (Å²) in [6.07, 6.45) is 0.986. The number of likely N-dealkylation sites (N-methyl/N-ethyl adjacent to an activating group) is 1. The monoisotopic (exact) mass is 263 g/mol. The number of halogens is 1. The van der Waals surface area contributed by atoms with Gasteiger partial charge in [-0.2, -0.15) is 0 Å². The normalized spacial score (nSPS) is 10.9. The molecule has 0 amide bonds. The Labute approximate surface area is 113 Å². The van der Waals surface area contributed by atoms with Crippen molar-refractivity contribution in [1.29, 1.82) is 0 Å². The van der Waals surface area contributed by atoms with Gasteiger partial charge in [-0.3, -0.25) is 0 Å². The first-order valence-electron chi connectivity index (χ1n) is 6.06. The van der Waals surface area contributed by atoms with Crippen molar-refractivity contribution in [3.8, 4) is 11.4 Å². The molecule has 3 nitrogen and oxygen atoms in total. The lowest BCUT2D eigenvalue weighted by atomic mass is 10.2. The summed E-state index contributed by atoms with van der Waals surface area (Å²) in [4.78, 5) is 4.66. The van der Waals surface area contributed by atoms with Gasteiger partial charge in [-0.05, 0) is 38.2 Å². The molecule has 0 aliphatic heterocycles. The standard InChI is InChI=1S/C14H18ClN3/c1-10-13(8-9-16-2)18(3)14(17-10)11-4-6-12(15)7-5-11/h4-7,16H,8-9H2,1-3H3. The van der Waals surface area contributed by atoms with Crippen molar-refractivity contribution in [2.24, 2.45) is 7.05 Å². The summed E-state index contributed by atoms with van der Waals surface area (Å²) >= 11 is 5.91. The first-order chi connectivity index (χ1) is 8.63. The van der Waals surface area contributed by atoms with Crippen molar-refractivity contribution in [3.05, 3.63) is 40.7 Å². The highest BCUT2D eigenvalue weighted by Gasteiger charge is 2.12. The second-order valence-corrected chi connectivity index (χ2v) is 4.82. The summed E-state index contributed by atoms with van der Waals surface area (Å²) in [6, 6.07) is 7.81. The number of aromatic nitrogens is 2. The minimum Gasteiger partial charge on any atom is -0.331 e. The highest BCUT2D eigenvalue weighted by molar-refractivity contribution is 6.30. The molecule has 1 heterocycles. The van der Waals surface area contributed by atoms with Crippen LogP contribution in [0.1, 0.15) is 11.4 Å². The van der Waals surface area contributed by atoms with Crippen LogP contribution in [0.2, 0.25) is 5.02 Å². The average Bonchev–Trinajstić information content (AvgIpc) is 2.64. The van der Waals surface area contributed by atoms with E-state index < -0.39 is 0 Å². The van der Waals surface area contributed by atoms with E-state index in [1.807, 2.05) is 31.3 Å². The SMILES string of the molecule is CNCCc1c(C)nc(-c2ccc(Cl)cc2)n1C. The molecule has 0 saturated heterocycles. The van der Waals surface area contributed by atoms with E-state index in [-0.39, 0.29) is 0 Å². The van der Waals surface area contributed by atoms with Gasteiger partial charge in [0.2, 0.25) is 0 Å². The molecule has 1 aromatic carbocycles. The van der Waals surface area contributed by atoms with Gasteiger partial charge >= 0.3 is 0 Å². The topological polar surface area (TPSA) is 29.9 Å². The lowest BCUT2D eigenvalue weighted by Crippen LogP contribution is -2.13. The van der Waals surface area contributed by atoms with Crippen molar-refractivity contribution in [2.45, 2.75) is 13.3 Å². The maximum Gasteiger partial charge on any atom is 0.140 e. The van der Waals surface area contributed by atoms with E-state index >= 15 is 0 Å². The molecule has 0 spiro atoms. The van der Waals surface area contributed by atoms with Gasteiger partial charge in [0.15, 0.2) is 0 Å². The second-order valence-electron chi connectivity index (χ2n) is 4.39. The fraction of sp³-hybridized carbons (Fsp3) is 0.357. The van der Waals surface area contributed by atoms with E-state index in [2.05, 4.69) is 28.8 Å². The Hall–Kier alpha value is -1.32. The molecule has 0 saturated carbocycles. The van der Waals surface area contributed by atoms with Gasteiger partial charge in [0.05, 0.1) is 5.69 Å². The highest BCUT2D eigenvalue weighted by atomic mass is 35.5. The van der Waals surface area contributed by atoms with Crippen LogP contribution in [-0.2, 0) is 13.5 Å². The third kappa shape index (κ3) is 2.57. The Morgan fingerprint density at radius 2 is 1.94 bits per heavy atom. The highest BCUT2D eigenvalue weighted by Crippen LogP contribution is 2.23. The number of imidazole rings is 1. The maximum atomic E-state index is 5.91. The Balaban J connectivity index is 2.37.